The highest BCUT2D eigenvalue weighted by molar-refractivity contribution is 6.00. The van der Waals surface area contributed by atoms with Crippen LogP contribution in [0.5, 0.6) is 0 Å². The number of aliphatic hydroxyl groups excluding tert-OH is 1. The van der Waals surface area contributed by atoms with E-state index in [4.69, 9.17) is 5.11 Å². The van der Waals surface area contributed by atoms with Crippen LogP contribution in [0, 0.1) is 17.3 Å². The summed E-state index contributed by atoms with van der Waals surface area (Å²) in [5, 5.41) is 19.2. The number of carbonyl (C=O) groups excluding carboxylic acids is 1. The lowest BCUT2D eigenvalue weighted by Crippen LogP contribution is -2.41. The van der Waals surface area contributed by atoms with Crippen LogP contribution in [-0.2, 0) is 4.79 Å². The number of carbonyl (C=O) groups is 1. The third-order valence-corrected chi connectivity index (χ3v) is 3.01. The van der Waals surface area contributed by atoms with Gasteiger partial charge in [-0.1, -0.05) is 25.7 Å². The minimum absolute atomic E-state index is 0.0524. The molecule has 1 aliphatic carbocycles. The van der Waals surface area contributed by atoms with Gasteiger partial charge < -0.3 is 10.2 Å². The van der Waals surface area contributed by atoms with Gasteiger partial charge in [-0.25, -0.2) is 0 Å². The SMILES string of the molecule is CC1=CC(O)(C#C/C(C)=C\CO)CC(C)(C)C1=O. The average Bonchev–Trinajstić information content (AvgIpc) is 2.23. The summed E-state index contributed by atoms with van der Waals surface area (Å²) in [6.07, 6.45) is 3.39. The predicted molar refractivity (Wildman–Crippen MR) is 70.7 cm³/mol. The summed E-state index contributed by atoms with van der Waals surface area (Å²) in [7, 11) is 0. The summed E-state index contributed by atoms with van der Waals surface area (Å²) in [4.78, 5) is 11.9. The maximum absolute atomic E-state index is 11.9. The second-order valence-electron chi connectivity index (χ2n) is 5.46. The number of ketones is 1. The van der Waals surface area contributed by atoms with Gasteiger partial charge in [0.2, 0.25) is 0 Å². The molecule has 0 aromatic rings. The van der Waals surface area contributed by atoms with Crippen molar-refractivity contribution in [1.29, 1.82) is 0 Å². The second-order valence-corrected chi connectivity index (χ2v) is 5.46. The Morgan fingerprint density at radius 1 is 1.56 bits per heavy atom. The smallest absolute Gasteiger partial charge is 0.164 e. The first kappa shape index (κ1) is 14.7. The molecule has 0 saturated carbocycles. The van der Waals surface area contributed by atoms with Gasteiger partial charge >= 0.3 is 0 Å². The minimum Gasteiger partial charge on any atom is -0.392 e. The molecular weight excluding hydrogens is 228 g/mol. The Balaban J connectivity index is 3.09. The topological polar surface area (TPSA) is 57.5 Å². The van der Waals surface area contributed by atoms with Crippen LogP contribution in [0.25, 0.3) is 0 Å². The molecule has 1 atom stereocenters. The monoisotopic (exact) mass is 248 g/mol. The molecule has 0 fully saturated rings. The number of hydrogen-bond acceptors (Lipinski definition) is 3. The van der Waals surface area contributed by atoms with Crippen LogP contribution in [0.4, 0.5) is 0 Å². The first-order valence-corrected chi connectivity index (χ1v) is 5.98. The molecule has 0 aromatic carbocycles. The fraction of sp³-hybridized carbons (Fsp3) is 0.533. The first-order valence-electron chi connectivity index (χ1n) is 5.98. The van der Waals surface area contributed by atoms with E-state index in [0.29, 0.717) is 11.1 Å². The van der Waals surface area contributed by atoms with E-state index in [2.05, 4.69) is 11.8 Å². The molecule has 0 amide bonds. The van der Waals surface area contributed by atoms with Crippen molar-refractivity contribution in [3.8, 4) is 11.8 Å². The number of allylic oxidation sites excluding steroid dienone is 2. The van der Waals surface area contributed by atoms with E-state index in [1.807, 2.05) is 13.8 Å². The molecule has 98 valence electrons. The van der Waals surface area contributed by atoms with Gasteiger partial charge in [-0.15, -0.1) is 0 Å². The lowest BCUT2D eigenvalue weighted by Gasteiger charge is -2.35. The Morgan fingerprint density at radius 3 is 2.67 bits per heavy atom. The third-order valence-electron chi connectivity index (χ3n) is 3.01. The molecule has 0 aromatic heterocycles. The van der Waals surface area contributed by atoms with E-state index in [0.717, 1.165) is 0 Å². The van der Waals surface area contributed by atoms with Gasteiger partial charge in [0, 0.05) is 11.8 Å². The van der Waals surface area contributed by atoms with Gasteiger partial charge in [-0.2, -0.15) is 0 Å². The Morgan fingerprint density at radius 2 is 2.17 bits per heavy atom. The summed E-state index contributed by atoms with van der Waals surface area (Å²) >= 11 is 0. The van der Waals surface area contributed by atoms with Gasteiger partial charge in [0.05, 0.1) is 6.61 Å². The Bertz CT molecular complexity index is 472. The lowest BCUT2D eigenvalue weighted by molar-refractivity contribution is -0.126. The van der Waals surface area contributed by atoms with Crippen LogP contribution >= 0.6 is 0 Å². The molecule has 1 unspecified atom stereocenters. The zero-order chi connectivity index (χ0) is 14.0. The molecule has 3 nitrogen and oxygen atoms in total. The largest absolute Gasteiger partial charge is 0.392 e. The number of hydrogen-bond donors (Lipinski definition) is 2. The van der Waals surface area contributed by atoms with Crippen LogP contribution in [0.2, 0.25) is 0 Å². The third kappa shape index (κ3) is 3.32. The van der Waals surface area contributed by atoms with Gasteiger partial charge in [-0.05, 0) is 37.1 Å². The molecule has 0 bridgehead atoms. The van der Waals surface area contributed by atoms with Crippen LogP contribution in [-0.4, -0.2) is 28.2 Å². The van der Waals surface area contributed by atoms with Crippen molar-refractivity contribution in [3.63, 3.8) is 0 Å². The van der Waals surface area contributed by atoms with E-state index in [-0.39, 0.29) is 18.8 Å². The fourth-order valence-electron chi connectivity index (χ4n) is 2.24. The Labute approximate surface area is 108 Å². The Kier molecular flexibility index (Phi) is 4.16. The zero-order valence-corrected chi connectivity index (χ0v) is 11.4. The summed E-state index contributed by atoms with van der Waals surface area (Å²) < 4.78 is 0. The second kappa shape index (κ2) is 5.09. The van der Waals surface area contributed by atoms with E-state index in [9.17, 15) is 9.90 Å². The van der Waals surface area contributed by atoms with Gasteiger partial charge in [0.15, 0.2) is 5.78 Å². The van der Waals surface area contributed by atoms with Crippen molar-refractivity contribution in [2.75, 3.05) is 6.61 Å². The molecule has 0 spiro atoms. The molecule has 0 heterocycles. The predicted octanol–water partition coefficient (Wildman–Crippen LogP) is 1.60. The van der Waals surface area contributed by atoms with Crippen molar-refractivity contribution in [3.05, 3.63) is 23.3 Å². The lowest BCUT2D eigenvalue weighted by atomic mass is 9.70. The first-order chi connectivity index (χ1) is 8.20. The molecule has 18 heavy (non-hydrogen) atoms. The molecule has 2 N–H and O–H groups in total. The number of Topliss-reactive ketones (excluding diaryl/α,β-unsaturated/α-hetero) is 1. The van der Waals surface area contributed by atoms with Crippen LogP contribution in [0.1, 0.15) is 34.1 Å². The van der Waals surface area contributed by atoms with Crippen LogP contribution in [0.15, 0.2) is 23.3 Å². The van der Waals surface area contributed by atoms with Crippen molar-refractivity contribution < 1.29 is 15.0 Å². The maximum atomic E-state index is 11.9. The quantitative estimate of drug-likeness (QED) is 0.693. The highest BCUT2D eigenvalue weighted by Gasteiger charge is 2.41. The van der Waals surface area contributed by atoms with Crippen molar-refractivity contribution in [2.24, 2.45) is 5.41 Å². The van der Waals surface area contributed by atoms with Crippen molar-refractivity contribution >= 4 is 5.78 Å². The standard InChI is InChI=1S/C15H20O3/c1-11(6-8-16)5-7-15(18)9-12(2)13(17)14(3,4)10-15/h6,9,16,18H,8,10H2,1-4H3/b11-6-. The average molecular weight is 248 g/mol. The summed E-state index contributed by atoms with van der Waals surface area (Å²) in [5.74, 6) is 5.65. The normalized spacial score (nSPS) is 27.3. The molecule has 1 rings (SSSR count). The summed E-state index contributed by atoms with van der Waals surface area (Å²) in [6.45, 7) is 7.02. The molecule has 3 heteroatoms. The maximum Gasteiger partial charge on any atom is 0.164 e. The zero-order valence-electron chi connectivity index (χ0n) is 11.4. The highest BCUT2D eigenvalue weighted by atomic mass is 16.3. The number of aliphatic hydroxyl groups is 2. The Hall–Kier alpha value is -1.37. The van der Waals surface area contributed by atoms with Crippen molar-refractivity contribution in [1.82, 2.24) is 0 Å². The molecule has 0 radical (unpaired) electrons. The van der Waals surface area contributed by atoms with Gasteiger partial charge in [0.1, 0.15) is 5.60 Å². The van der Waals surface area contributed by atoms with E-state index in [1.165, 1.54) is 6.08 Å². The van der Waals surface area contributed by atoms with Gasteiger partial charge in [0.25, 0.3) is 0 Å². The summed E-state index contributed by atoms with van der Waals surface area (Å²) in [6, 6.07) is 0. The van der Waals surface area contributed by atoms with Crippen molar-refractivity contribution in [2.45, 2.75) is 39.7 Å². The van der Waals surface area contributed by atoms with E-state index < -0.39 is 11.0 Å². The van der Waals surface area contributed by atoms with Crippen LogP contribution in [0.3, 0.4) is 0 Å². The van der Waals surface area contributed by atoms with E-state index in [1.54, 1.807) is 19.9 Å². The summed E-state index contributed by atoms with van der Waals surface area (Å²) in [5.41, 5.74) is -0.623. The minimum atomic E-state index is -1.27. The van der Waals surface area contributed by atoms with Gasteiger partial charge in [-0.3, -0.25) is 4.79 Å². The molecule has 1 aliphatic rings. The fourth-order valence-corrected chi connectivity index (χ4v) is 2.24. The number of rotatable bonds is 1. The highest BCUT2D eigenvalue weighted by Crippen LogP contribution is 2.37. The molecular formula is C15H20O3. The molecule has 0 saturated heterocycles. The van der Waals surface area contributed by atoms with Crippen LogP contribution < -0.4 is 0 Å². The molecule has 0 aliphatic heterocycles. The van der Waals surface area contributed by atoms with E-state index >= 15 is 0 Å².